The Morgan fingerprint density at radius 1 is 1.56 bits per heavy atom. The van der Waals surface area contributed by atoms with Crippen molar-refractivity contribution in [3.05, 3.63) is 30.1 Å². The summed E-state index contributed by atoms with van der Waals surface area (Å²) in [5.74, 6) is 0.905. The lowest BCUT2D eigenvalue weighted by atomic mass is 10.2. The number of carbonyl (C=O) groups excluding carboxylic acids is 1. The van der Waals surface area contributed by atoms with Crippen LogP contribution in [-0.2, 0) is 4.79 Å². The van der Waals surface area contributed by atoms with Crippen LogP contribution in [0.3, 0.4) is 0 Å². The Labute approximate surface area is 97.8 Å². The minimum Gasteiger partial charge on any atom is -0.328 e. The molecule has 1 aromatic rings. The van der Waals surface area contributed by atoms with Crippen molar-refractivity contribution < 1.29 is 9.18 Å². The second kappa shape index (κ2) is 4.84. The molecular formula is C11H13FN2OS. The van der Waals surface area contributed by atoms with Crippen molar-refractivity contribution in [3.63, 3.8) is 0 Å². The van der Waals surface area contributed by atoms with Gasteiger partial charge in [0.1, 0.15) is 5.82 Å². The third-order valence-corrected chi connectivity index (χ3v) is 3.60. The zero-order valence-corrected chi connectivity index (χ0v) is 9.54. The maximum atomic E-state index is 13.1. The van der Waals surface area contributed by atoms with Gasteiger partial charge in [0.05, 0.1) is 11.8 Å². The van der Waals surface area contributed by atoms with Crippen LogP contribution in [0.5, 0.6) is 0 Å². The topological polar surface area (TPSA) is 46.3 Å². The average molecular weight is 240 g/mol. The summed E-state index contributed by atoms with van der Waals surface area (Å²) in [5.41, 5.74) is 6.23. The van der Waals surface area contributed by atoms with E-state index in [-0.39, 0.29) is 17.8 Å². The Balaban J connectivity index is 2.31. The van der Waals surface area contributed by atoms with E-state index >= 15 is 0 Å². The van der Waals surface area contributed by atoms with E-state index in [0.29, 0.717) is 18.0 Å². The quantitative estimate of drug-likeness (QED) is 0.846. The van der Waals surface area contributed by atoms with Crippen LogP contribution in [-0.4, -0.2) is 30.0 Å². The standard InChI is InChI=1S/C11H13FN2OS/c12-8-2-1-3-9(4-8)14-10(5-13)6-16-7-11(14)15/h1-4,10H,5-7,13H2. The van der Waals surface area contributed by atoms with Crippen molar-refractivity contribution in [1.29, 1.82) is 0 Å². The molecule has 1 fully saturated rings. The van der Waals surface area contributed by atoms with Crippen molar-refractivity contribution in [2.75, 3.05) is 23.0 Å². The molecule has 0 aliphatic carbocycles. The molecule has 2 N–H and O–H groups in total. The highest BCUT2D eigenvalue weighted by molar-refractivity contribution is 8.00. The molecule has 0 radical (unpaired) electrons. The van der Waals surface area contributed by atoms with Gasteiger partial charge < -0.3 is 10.6 Å². The fraction of sp³-hybridized carbons (Fsp3) is 0.364. The van der Waals surface area contributed by atoms with E-state index in [9.17, 15) is 9.18 Å². The SMILES string of the molecule is NCC1CSCC(=O)N1c1cccc(F)c1. The molecule has 1 aliphatic rings. The second-order valence-corrected chi connectivity index (χ2v) is 4.68. The molecule has 2 rings (SSSR count). The Morgan fingerprint density at radius 2 is 2.38 bits per heavy atom. The van der Waals surface area contributed by atoms with Gasteiger partial charge in [-0.3, -0.25) is 4.79 Å². The summed E-state index contributed by atoms with van der Waals surface area (Å²) < 4.78 is 13.1. The Kier molecular flexibility index (Phi) is 3.46. The van der Waals surface area contributed by atoms with Crippen LogP contribution in [0.25, 0.3) is 0 Å². The molecule has 1 unspecified atom stereocenters. The van der Waals surface area contributed by atoms with E-state index < -0.39 is 0 Å². The number of thioether (sulfide) groups is 1. The number of benzene rings is 1. The molecule has 86 valence electrons. The fourth-order valence-corrected chi connectivity index (χ4v) is 2.77. The highest BCUT2D eigenvalue weighted by atomic mass is 32.2. The Morgan fingerprint density at radius 3 is 3.06 bits per heavy atom. The first kappa shape index (κ1) is 11.4. The van der Waals surface area contributed by atoms with Gasteiger partial charge in [0.25, 0.3) is 0 Å². The van der Waals surface area contributed by atoms with E-state index in [1.165, 1.54) is 12.1 Å². The zero-order chi connectivity index (χ0) is 11.5. The summed E-state index contributed by atoms with van der Waals surface area (Å²) in [6.07, 6.45) is 0. The molecule has 1 heterocycles. The summed E-state index contributed by atoms with van der Waals surface area (Å²) in [6.45, 7) is 0.398. The molecule has 0 aromatic heterocycles. The number of rotatable bonds is 2. The number of nitrogens with zero attached hydrogens (tertiary/aromatic N) is 1. The average Bonchev–Trinajstić information content (AvgIpc) is 2.28. The van der Waals surface area contributed by atoms with Crippen molar-refractivity contribution in [2.24, 2.45) is 5.73 Å². The lowest BCUT2D eigenvalue weighted by molar-refractivity contribution is -0.116. The van der Waals surface area contributed by atoms with Crippen LogP contribution < -0.4 is 10.6 Å². The summed E-state index contributed by atoms with van der Waals surface area (Å²) >= 11 is 1.57. The molecule has 1 aliphatic heterocycles. The van der Waals surface area contributed by atoms with Crippen LogP contribution in [0.4, 0.5) is 10.1 Å². The summed E-state index contributed by atoms with van der Waals surface area (Å²) in [5, 5.41) is 0. The summed E-state index contributed by atoms with van der Waals surface area (Å²) in [6, 6.07) is 6.04. The van der Waals surface area contributed by atoms with Crippen LogP contribution in [0, 0.1) is 5.82 Å². The number of amides is 1. The fourth-order valence-electron chi connectivity index (χ4n) is 1.78. The maximum absolute atomic E-state index is 13.1. The molecule has 1 amide bonds. The highest BCUT2D eigenvalue weighted by Crippen LogP contribution is 2.24. The Bertz CT molecular complexity index is 399. The van der Waals surface area contributed by atoms with Crippen LogP contribution in [0.2, 0.25) is 0 Å². The number of nitrogens with two attached hydrogens (primary N) is 1. The molecule has 5 heteroatoms. The van der Waals surface area contributed by atoms with Crippen LogP contribution in [0.15, 0.2) is 24.3 Å². The van der Waals surface area contributed by atoms with Gasteiger partial charge in [0.15, 0.2) is 0 Å². The number of hydrogen-bond donors (Lipinski definition) is 1. The van der Waals surface area contributed by atoms with Crippen molar-refractivity contribution in [3.8, 4) is 0 Å². The largest absolute Gasteiger partial charge is 0.328 e. The van der Waals surface area contributed by atoms with Gasteiger partial charge >= 0.3 is 0 Å². The van der Waals surface area contributed by atoms with Crippen molar-refractivity contribution >= 4 is 23.4 Å². The van der Waals surface area contributed by atoms with E-state index in [0.717, 1.165) is 5.75 Å². The Hall–Kier alpha value is -1.07. The van der Waals surface area contributed by atoms with Crippen LogP contribution >= 0.6 is 11.8 Å². The van der Waals surface area contributed by atoms with Crippen molar-refractivity contribution in [2.45, 2.75) is 6.04 Å². The third-order valence-electron chi connectivity index (χ3n) is 2.53. The summed E-state index contributed by atoms with van der Waals surface area (Å²) in [4.78, 5) is 13.4. The van der Waals surface area contributed by atoms with Gasteiger partial charge in [-0.1, -0.05) is 6.07 Å². The van der Waals surface area contributed by atoms with Crippen LogP contribution in [0.1, 0.15) is 0 Å². The first-order valence-electron chi connectivity index (χ1n) is 5.08. The second-order valence-electron chi connectivity index (χ2n) is 3.65. The molecule has 1 atom stereocenters. The number of hydrogen-bond acceptors (Lipinski definition) is 3. The molecule has 0 saturated carbocycles. The van der Waals surface area contributed by atoms with E-state index in [1.54, 1.807) is 28.8 Å². The first-order valence-corrected chi connectivity index (χ1v) is 6.23. The number of halogens is 1. The molecular weight excluding hydrogens is 227 g/mol. The lowest BCUT2D eigenvalue weighted by Gasteiger charge is -2.34. The van der Waals surface area contributed by atoms with Gasteiger partial charge in [-0.05, 0) is 18.2 Å². The summed E-state index contributed by atoms with van der Waals surface area (Å²) in [7, 11) is 0. The van der Waals surface area contributed by atoms with Gasteiger partial charge in [0.2, 0.25) is 5.91 Å². The van der Waals surface area contributed by atoms with E-state index in [1.807, 2.05) is 0 Å². The van der Waals surface area contributed by atoms with E-state index in [4.69, 9.17) is 5.73 Å². The monoisotopic (exact) mass is 240 g/mol. The minimum absolute atomic E-state index is 0.00250. The van der Waals surface area contributed by atoms with Gasteiger partial charge in [-0.25, -0.2) is 4.39 Å². The normalized spacial score (nSPS) is 21.2. The lowest BCUT2D eigenvalue weighted by Crippen LogP contribution is -2.50. The van der Waals surface area contributed by atoms with Gasteiger partial charge in [0, 0.05) is 18.0 Å². The number of anilines is 1. The molecule has 3 nitrogen and oxygen atoms in total. The number of carbonyl (C=O) groups is 1. The third kappa shape index (κ3) is 2.20. The molecule has 1 saturated heterocycles. The predicted molar refractivity (Wildman–Crippen MR) is 64.1 cm³/mol. The van der Waals surface area contributed by atoms with Crippen molar-refractivity contribution in [1.82, 2.24) is 0 Å². The van der Waals surface area contributed by atoms with Gasteiger partial charge in [-0.15, -0.1) is 11.8 Å². The highest BCUT2D eigenvalue weighted by Gasteiger charge is 2.28. The maximum Gasteiger partial charge on any atom is 0.237 e. The zero-order valence-electron chi connectivity index (χ0n) is 8.73. The molecule has 0 bridgehead atoms. The smallest absolute Gasteiger partial charge is 0.237 e. The molecule has 0 spiro atoms. The molecule has 16 heavy (non-hydrogen) atoms. The predicted octanol–water partition coefficient (Wildman–Crippen LogP) is 1.23. The molecule has 1 aromatic carbocycles. The van der Waals surface area contributed by atoms with E-state index in [2.05, 4.69) is 0 Å². The first-order chi connectivity index (χ1) is 7.72. The van der Waals surface area contributed by atoms with Gasteiger partial charge in [-0.2, -0.15) is 0 Å². The minimum atomic E-state index is -0.334.